The van der Waals surface area contributed by atoms with E-state index in [1.54, 1.807) is 0 Å². The molecule has 0 saturated carbocycles. The summed E-state index contributed by atoms with van der Waals surface area (Å²) in [5, 5.41) is -0.502. The predicted molar refractivity (Wildman–Crippen MR) is 88.6 cm³/mol. The van der Waals surface area contributed by atoms with Crippen molar-refractivity contribution >= 4 is 50.7 Å². The van der Waals surface area contributed by atoms with Gasteiger partial charge in [-0.15, -0.1) is 4.40 Å². The molecule has 0 aliphatic heterocycles. The normalized spacial score (nSPS) is 13.1. The quantitative estimate of drug-likeness (QED) is 0.583. The van der Waals surface area contributed by atoms with Gasteiger partial charge in [-0.25, -0.2) is 0 Å². The van der Waals surface area contributed by atoms with Crippen molar-refractivity contribution in [2.45, 2.75) is 11.1 Å². The van der Waals surface area contributed by atoms with E-state index in [-0.39, 0.29) is 14.9 Å². The highest BCUT2D eigenvalue weighted by atomic mass is 35.5. The molecule has 1 aromatic heterocycles. The monoisotopic (exact) mass is 431 g/mol. The topological polar surface area (TPSA) is 85.4 Å². The summed E-state index contributed by atoms with van der Waals surface area (Å²) in [5.74, 6) is -0.690. The van der Waals surface area contributed by atoms with Gasteiger partial charge < -0.3 is 5.73 Å². The number of nitrogens with zero attached hydrogens (tertiary/aromatic N) is 2. The molecule has 5 nitrogen and oxygen atoms in total. The van der Waals surface area contributed by atoms with E-state index in [9.17, 15) is 21.6 Å². The van der Waals surface area contributed by atoms with Gasteiger partial charge in [0.15, 0.2) is 5.84 Å². The zero-order valence-corrected chi connectivity index (χ0v) is 14.9. The fraction of sp³-hybridized carbons (Fsp3) is 0.0769. The first-order valence-corrected chi connectivity index (χ1v) is 8.78. The number of amidine groups is 1. The van der Waals surface area contributed by atoms with Crippen LogP contribution in [-0.4, -0.2) is 19.2 Å². The summed E-state index contributed by atoms with van der Waals surface area (Å²) in [6.45, 7) is 0. The molecule has 1 aromatic carbocycles. The average molecular weight is 433 g/mol. The van der Waals surface area contributed by atoms with Gasteiger partial charge in [-0.05, 0) is 24.3 Å². The Morgan fingerprint density at radius 2 is 1.76 bits per heavy atom. The lowest BCUT2D eigenvalue weighted by molar-refractivity contribution is -0.137. The van der Waals surface area contributed by atoms with Crippen molar-refractivity contribution in [3.8, 4) is 0 Å². The molecule has 0 bridgehead atoms. The molecule has 1 heterocycles. The summed E-state index contributed by atoms with van der Waals surface area (Å²) in [5.41, 5.74) is 4.01. The second kappa shape index (κ2) is 6.99. The van der Waals surface area contributed by atoms with Crippen LogP contribution in [0.15, 0.2) is 39.8 Å². The van der Waals surface area contributed by atoms with E-state index in [4.69, 9.17) is 40.5 Å². The molecule has 2 aromatic rings. The van der Waals surface area contributed by atoms with Crippen LogP contribution in [-0.2, 0) is 16.2 Å². The van der Waals surface area contributed by atoms with Crippen LogP contribution >= 0.6 is 34.8 Å². The van der Waals surface area contributed by atoms with Crippen LogP contribution in [0.25, 0.3) is 0 Å². The summed E-state index contributed by atoms with van der Waals surface area (Å²) >= 11 is 17.2. The van der Waals surface area contributed by atoms with Crippen molar-refractivity contribution in [1.29, 1.82) is 0 Å². The lowest BCUT2D eigenvalue weighted by Gasteiger charge is -2.09. The second-order valence-corrected chi connectivity index (χ2v) is 7.40. The van der Waals surface area contributed by atoms with E-state index in [0.29, 0.717) is 12.3 Å². The third-order valence-electron chi connectivity index (χ3n) is 2.80. The van der Waals surface area contributed by atoms with Gasteiger partial charge in [-0.3, -0.25) is 4.98 Å². The molecular weight excluding hydrogens is 426 g/mol. The lowest BCUT2D eigenvalue weighted by atomic mass is 10.2. The number of sulfonamides is 1. The summed E-state index contributed by atoms with van der Waals surface area (Å²) in [6.07, 6.45) is -4.20. The second-order valence-electron chi connectivity index (χ2n) is 4.58. The highest BCUT2D eigenvalue weighted by Gasteiger charge is 2.32. The zero-order valence-electron chi connectivity index (χ0n) is 11.9. The van der Waals surface area contributed by atoms with E-state index < -0.39 is 38.3 Å². The lowest BCUT2D eigenvalue weighted by Crippen LogP contribution is -2.19. The minimum absolute atomic E-state index is 0.199. The number of rotatable bonds is 3. The van der Waals surface area contributed by atoms with E-state index >= 15 is 0 Å². The van der Waals surface area contributed by atoms with Crippen molar-refractivity contribution in [1.82, 2.24) is 4.98 Å². The zero-order chi connectivity index (χ0) is 19.0. The number of hydrogen-bond donors (Lipinski definition) is 1. The Kier molecular flexibility index (Phi) is 5.53. The Hall–Kier alpha value is -1.55. The van der Waals surface area contributed by atoms with Gasteiger partial charge in [-0.1, -0.05) is 34.8 Å². The number of alkyl halides is 3. The van der Waals surface area contributed by atoms with Gasteiger partial charge in [0.2, 0.25) is 0 Å². The fourth-order valence-corrected chi connectivity index (χ4v) is 3.64. The van der Waals surface area contributed by atoms with Gasteiger partial charge in [0.05, 0.1) is 15.6 Å². The first kappa shape index (κ1) is 19.8. The fourth-order valence-electron chi connectivity index (χ4n) is 1.69. The molecule has 134 valence electrons. The van der Waals surface area contributed by atoms with Gasteiger partial charge in [0, 0.05) is 11.2 Å². The van der Waals surface area contributed by atoms with Crippen LogP contribution < -0.4 is 5.73 Å². The van der Waals surface area contributed by atoms with Gasteiger partial charge >= 0.3 is 6.18 Å². The maximum Gasteiger partial charge on any atom is 0.417 e. The Labute approximate surface area is 155 Å². The van der Waals surface area contributed by atoms with E-state index in [2.05, 4.69) is 9.38 Å². The molecule has 0 amide bonds. The molecule has 25 heavy (non-hydrogen) atoms. The molecule has 0 aliphatic carbocycles. The Morgan fingerprint density at radius 1 is 1.12 bits per heavy atom. The Morgan fingerprint density at radius 3 is 2.28 bits per heavy atom. The van der Waals surface area contributed by atoms with E-state index in [1.807, 2.05) is 0 Å². The first-order chi connectivity index (χ1) is 11.4. The highest BCUT2D eigenvalue weighted by Crippen LogP contribution is 2.31. The van der Waals surface area contributed by atoms with E-state index in [1.165, 1.54) is 12.1 Å². The maximum atomic E-state index is 12.6. The summed E-state index contributed by atoms with van der Waals surface area (Å²) < 4.78 is 65.5. The summed E-state index contributed by atoms with van der Waals surface area (Å²) in [4.78, 5) is 3.05. The van der Waals surface area contributed by atoms with Gasteiger partial charge in [0.25, 0.3) is 10.0 Å². The molecule has 0 unspecified atom stereocenters. The summed E-state index contributed by atoms with van der Waals surface area (Å²) in [6, 6.07) is 4.13. The molecule has 0 fully saturated rings. The van der Waals surface area contributed by atoms with Crippen LogP contribution in [0.5, 0.6) is 0 Å². The van der Waals surface area contributed by atoms with Gasteiger partial charge in [0.1, 0.15) is 10.6 Å². The molecule has 0 radical (unpaired) electrons. The number of hydrogen-bond acceptors (Lipinski definition) is 3. The standard InChI is InChI=1S/C13H7Cl3F3N3O2S/c14-7-1-2-10(8(15)4-7)25(23,24)22-12(20)11-9(16)3-6(5-21-11)13(17,18)19/h1-5H,(H2,20,22). The minimum atomic E-state index is -4.66. The van der Waals surface area contributed by atoms with Crippen molar-refractivity contribution in [3.63, 3.8) is 0 Å². The van der Waals surface area contributed by atoms with Crippen molar-refractivity contribution in [2.24, 2.45) is 10.1 Å². The van der Waals surface area contributed by atoms with E-state index in [0.717, 1.165) is 6.07 Å². The van der Waals surface area contributed by atoms with Crippen LogP contribution in [0.2, 0.25) is 15.1 Å². The number of halogens is 6. The smallest absolute Gasteiger partial charge is 0.381 e. The van der Waals surface area contributed by atoms with Crippen LogP contribution in [0.4, 0.5) is 13.2 Å². The largest absolute Gasteiger partial charge is 0.417 e. The molecule has 0 saturated heterocycles. The number of pyridine rings is 1. The highest BCUT2D eigenvalue weighted by molar-refractivity contribution is 7.90. The van der Waals surface area contributed by atoms with Crippen molar-refractivity contribution in [2.75, 3.05) is 0 Å². The molecule has 12 heteroatoms. The first-order valence-electron chi connectivity index (χ1n) is 6.20. The molecule has 0 aliphatic rings. The predicted octanol–water partition coefficient (Wildman–Crippen LogP) is 4.15. The van der Waals surface area contributed by atoms with Crippen LogP contribution in [0, 0.1) is 0 Å². The molecule has 2 N–H and O–H groups in total. The number of aromatic nitrogens is 1. The van der Waals surface area contributed by atoms with Crippen LogP contribution in [0.3, 0.4) is 0 Å². The Balaban J connectivity index is 2.47. The van der Waals surface area contributed by atoms with Crippen molar-refractivity contribution < 1.29 is 21.6 Å². The Bertz CT molecular complexity index is 963. The third-order valence-corrected chi connectivity index (χ3v) is 5.10. The number of benzene rings is 1. The molecular formula is C13H7Cl3F3N3O2S. The van der Waals surface area contributed by atoms with Gasteiger partial charge in [-0.2, -0.15) is 21.6 Å². The van der Waals surface area contributed by atoms with Crippen LogP contribution in [0.1, 0.15) is 11.3 Å². The molecule has 0 spiro atoms. The maximum absolute atomic E-state index is 12.6. The minimum Gasteiger partial charge on any atom is -0.381 e. The molecule has 2 rings (SSSR count). The SMILES string of the molecule is NC(=NS(=O)(=O)c1ccc(Cl)cc1Cl)c1ncc(C(F)(F)F)cc1Cl. The summed E-state index contributed by atoms with van der Waals surface area (Å²) in [7, 11) is -4.36. The van der Waals surface area contributed by atoms with Crippen molar-refractivity contribution in [3.05, 3.63) is 56.8 Å². The third kappa shape index (κ3) is 4.55. The number of nitrogens with two attached hydrogens (primary N) is 1. The average Bonchev–Trinajstić information content (AvgIpc) is 2.44. The molecule has 0 atom stereocenters.